The van der Waals surface area contributed by atoms with Crippen LogP contribution >= 0.6 is 11.6 Å². The average molecular weight is 422 g/mol. The first-order valence-corrected chi connectivity index (χ1v) is 10.5. The van der Waals surface area contributed by atoms with E-state index in [0.29, 0.717) is 28.0 Å². The van der Waals surface area contributed by atoms with Gasteiger partial charge in [0.05, 0.1) is 11.6 Å². The number of amides is 1. The zero-order chi connectivity index (χ0) is 20.8. The minimum absolute atomic E-state index is 0.0482. The smallest absolute Gasteiger partial charge is 0.259 e. The highest BCUT2D eigenvalue weighted by atomic mass is 35.5. The van der Waals surface area contributed by atoms with E-state index in [-0.39, 0.29) is 11.9 Å². The van der Waals surface area contributed by atoms with Gasteiger partial charge in [-0.1, -0.05) is 11.6 Å². The Morgan fingerprint density at radius 2 is 1.77 bits per heavy atom. The van der Waals surface area contributed by atoms with E-state index < -0.39 is 0 Å². The molecular formula is C23H24ClN5O. The van der Waals surface area contributed by atoms with Crippen molar-refractivity contribution in [1.29, 1.82) is 0 Å². The number of pyridine rings is 2. The topological polar surface area (TPSA) is 78.9 Å². The van der Waals surface area contributed by atoms with Crippen molar-refractivity contribution >= 4 is 29.0 Å². The van der Waals surface area contributed by atoms with Crippen molar-refractivity contribution in [3.8, 4) is 0 Å². The van der Waals surface area contributed by atoms with Gasteiger partial charge in [0, 0.05) is 29.3 Å². The van der Waals surface area contributed by atoms with Gasteiger partial charge in [-0.15, -0.1) is 0 Å². The summed E-state index contributed by atoms with van der Waals surface area (Å²) >= 11 is 5.94. The lowest BCUT2D eigenvalue weighted by molar-refractivity contribution is 0.102. The fourth-order valence-electron chi connectivity index (χ4n) is 3.80. The van der Waals surface area contributed by atoms with Crippen LogP contribution in [-0.4, -0.2) is 29.0 Å². The van der Waals surface area contributed by atoms with Crippen LogP contribution in [-0.2, 0) is 0 Å². The van der Waals surface area contributed by atoms with E-state index in [2.05, 4.69) is 25.9 Å². The molecule has 1 aliphatic heterocycles. The predicted molar refractivity (Wildman–Crippen MR) is 120 cm³/mol. The first-order chi connectivity index (χ1) is 14.7. The number of hydrogen-bond donors (Lipinski definition) is 3. The number of nitrogens with one attached hydrogen (secondary N) is 3. The molecule has 2 aromatic heterocycles. The molecule has 3 N–H and O–H groups in total. The summed E-state index contributed by atoms with van der Waals surface area (Å²) in [6, 6.07) is 14.7. The first kappa shape index (κ1) is 20.3. The number of benzene rings is 1. The Bertz CT molecular complexity index is 974. The van der Waals surface area contributed by atoms with Gasteiger partial charge >= 0.3 is 0 Å². The molecule has 1 fully saturated rings. The molecule has 154 valence electrons. The van der Waals surface area contributed by atoms with E-state index in [0.717, 1.165) is 31.5 Å². The van der Waals surface area contributed by atoms with Crippen LogP contribution in [0.25, 0.3) is 0 Å². The Morgan fingerprint density at radius 1 is 1.03 bits per heavy atom. The monoisotopic (exact) mass is 421 g/mol. The van der Waals surface area contributed by atoms with E-state index in [9.17, 15) is 4.79 Å². The van der Waals surface area contributed by atoms with Crippen molar-refractivity contribution in [2.24, 2.45) is 5.92 Å². The molecule has 0 saturated carbocycles. The van der Waals surface area contributed by atoms with Crippen molar-refractivity contribution in [3.05, 3.63) is 83.3 Å². The Morgan fingerprint density at radius 3 is 2.50 bits per heavy atom. The highest BCUT2D eigenvalue weighted by Gasteiger charge is 2.26. The summed E-state index contributed by atoms with van der Waals surface area (Å²) < 4.78 is 0. The van der Waals surface area contributed by atoms with Gasteiger partial charge in [0.15, 0.2) is 0 Å². The summed E-state index contributed by atoms with van der Waals surface area (Å²) in [6.07, 6.45) is 7.42. The van der Waals surface area contributed by atoms with Crippen molar-refractivity contribution in [2.75, 3.05) is 23.7 Å². The SMILES string of the molecule is O=C(Nc1ccc(Cl)cc1)c1cccnc1NC(c1ccncc1)C1CCNCC1. The lowest BCUT2D eigenvalue weighted by atomic mass is 9.86. The average Bonchev–Trinajstić information content (AvgIpc) is 2.80. The quantitative estimate of drug-likeness (QED) is 0.544. The number of anilines is 2. The number of halogens is 1. The molecule has 6 nitrogen and oxygen atoms in total. The number of carbonyl (C=O) groups is 1. The molecule has 1 unspecified atom stereocenters. The van der Waals surface area contributed by atoms with E-state index in [4.69, 9.17) is 11.6 Å². The molecule has 0 bridgehead atoms. The highest BCUT2D eigenvalue weighted by Crippen LogP contribution is 2.32. The lowest BCUT2D eigenvalue weighted by Crippen LogP contribution is -2.34. The molecule has 4 rings (SSSR count). The van der Waals surface area contributed by atoms with Crippen LogP contribution in [0.15, 0.2) is 67.1 Å². The number of rotatable bonds is 6. The molecule has 3 aromatic rings. The maximum absolute atomic E-state index is 13.0. The molecular weight excluding hydrogens is 398 g/mol. The number of carbonyl (C=O) groups excluding carboxylic acids is 1. The van der Waals surface area contributed by atoms with Crippen LogP contribution in [0.3, 0.4) is 0 Å². The molecule has 1 aromatic carbocycles. The summed E-state index contributed by atoms with van der Waals surface area (Å²) in [6.45, 7) is 1.97. The van der Waals surface area contributed by atoms with Gasteiger partial charge in [-0.3, -0.25) is 9.78 Å². The molecule has 1 atom stereocenters. The normalized spacial score (nSPS) is 15.4. The summed E-state index contributed by atoms with van der Waals surface area (Å²) in [5.74, 6) is 0.791. The molecule has 3 heterocycles. The van der Waals surface area contributed by atoms with Crippen LogP contribution in [0.1, 0.15) is 34.8 Å². The number of piperidine rings is 1. The van der Waals surface area contributed by atoms with Crippen LogP contribution < -0.4 is 16.0 Å². The van der Waals surface area contributed by atoms with E-state index in [1.165, 1.54) is 0 Å². The van der Waals surface area contributed by atoms with Gasteiger partial charge in [0.25, 0.3) is 5.91 Å². The van der Waals surface area contributed by atoms with Crippen LogP contribution in [0.2, 0.25) is 5.02 Å². The zero-order valence-electron chi connectivity index (χ0n) is 16.5. The number of nitrogens with zero attached hydrogens (tertiary/aromatic N) is 2. The molecule has 30 heavy (non-hydrogen) atoms. The second-order valence-corrected chi connectivity index (χ2v) is 7.79. The molecule has 1 amide bonds. The third kappa shape index (κ3) is 4.96. The third-order valence-corrected chi connectivity index (χ3v) is 5.62. The van der Waals surface area contributed by atoms with Crippen LogP contribution in [0.4, 0.5) is 11.5 Å². The molecule has 1 aliphatic rings. The van der Waals surface area contributed by atoms with Crippen molar-refractivity contribution in [1.82, 2.24) is 15.3 Å². The number of hydrogen-bond acceptors (Lipinski definition) is 5. The molecule has 0 aliphatic carbocycles. The van der Waals surface area contributed by atoms with Crippen molar-refractivity contribution in [2.45, 2.75) is 18.9 Å². The van der Waals surface area contributed by atoms with Crippen molar-refractivity contribution in [3.63, 3.8) is 0 Å². The van der Waals surface area contributed by atoms with Gasteiger partial charge in [-0.2, -0.15) is 0 Å². The van der Waals surface area contributed by atoms with Gasteiger partial charge in [-0.25, -0.2) is 4.98 Å². The van der Waals surface area contributed by atoms with E-state index in [1.54, 1.807) is 55.0 Å². The predicted octanol–water partition coefficient (Wildman–Crippen LogP) is 4.54. The fraction of sp³-hybridized carbons (Fsp3) is 0.261. The summed E-state index contributed by atoms with van der Waals surface area (Å²) in [4.78, 5) is 21.6. The van der Waals surface area contributed by atoms with E-state index in [1.807, 2.05) is 12.1 Å². The van der Waals surface area contributed by atoms with Gasteiger partial charge in [0.1, 0.15) is 5.82 Å². The largest absolute Gasteiger partial charge is 0.362 e. The maximum atomic E-state index is 13.0. The summed E-state index contributed by atoms with van der Waals surface area (Å²) in [5.41, 5.74) is 2.33. The highest BCUT2D eigenvalue weighted by molar-refractivity contribution is 6.30. The molecule has 7 heteroatoms. The first-order valence-electron chi connectivity index (χ1n) is 10.1. The van der Waals surface area contributed by atoms with Crippen LogP contribution in [0.5, 0.6) is 0 Å². The van der Waals surface area contributed by atoms with E-state index >= 15 is 0 Å². The maximum Gasteiger partial charge on any atom is 0.259 e. The Balaban J connectivity index is 1.59. The standard InChI is InChI=1S/C23H24ClN5O/c24-18-3-5-19(6-4-18)28-23(30)20-2-1-11-27-22(20)29-21(16-7-12-25-13-8-16)17-9-14-26-15-10-17/h1-8,11-13,17,21,26H,9-10,14-15H2,(H,27,29)(H,28,30). The molecule has 1 saturated heterocycles. The van der Waals surface area contributed by atoms with Gasteiger partial charge in [0.2, 0.25) is 0 Å². The lowest BCUT2D eigenvalue weighted by Gasteiger charge is -2.32. The Hall–Kier alpha value is -2.96. The third-order valence-electron chi connectivity index (χ3n) is 5.37. The van der Waals surface area contributed by atoms with Crippen LogP contribution in [0, 0.1) is 5.92 Å². The Labute approximate surface area is 181 Å². The van der Waals surface area contributed by atoms with Gasteiger partial charge < -0.3 is 16.0 Å². The minimum atomic E-state index is -0.216. The van der Waals surface area contributed by atoms with Crippen molar-refractivity contribution < 1.29 is 4.79 Å². The second-order valence-electron chi connectivity index (χ2n) is 7.35. The van der Waals surface area contributed by atoms with Gasteiger partial charge in [-0.05, 0) is 85.9 Å². The zero-order valence-corrected chi connectivity index (χ0v) is 17.3. The minimum Gasteiger partial charge on any atom is -0.362 e. The molecule has 0 spiro atoms. The summed E-state index contributed by atoms with van der Waals surface area (Å²) in [7, 11) is 0. The second kappa shape index (κ2) is 9.69. The summed E-state index contributed by atoms with van der Waals surface area (Å²) in [5, 5.41) is 10.5. The fourth-order valence-corrected chi connectivity index (χ4v) is 3.93. The number of aromatic nitrogens is 2. The Kier molecular flexibility index (Phi) is 6.57. The molecule has 0 radical (unpaired) electrons.